The highest BCUT2D eigenvalue weighted by Gasteiger charge is 2.19. The fourth-order valence-electron chi connectivity index (χ4n) is 2.06. The van der Waals surface area contributed by atoms with Crippen LogP contribution in [0.3, 0.4) is 0 Å². The molecule has 1 N–H and O–H groups in total. The van der Waals surface area contributed by atoms with Gasteiger partial charge in [0.25, 0.3) is 0 Å². The normalized spacial score (nSPS) is 9.90. The smallest absolute Gasteiger partial charge is 0.309 e. The third-order valence-corrected chi connectivity index (χ3v) is 3.25. The molecular weight excluding hydrogens is 266 g/mol. The number of para-hydroxylation sites is 1. The zero-order chi connectivity index (χ0) is 15.2. The molecular formula is C16H15N3O2. The number of nitrogens with zero attached hydrogens (tertiary/aromatic N) is 2. The largest absolute Gasteiger partial charge is 0.375 e. The highest BCUT2D eigenvalue weighted by Crippen LogP contribution is 2.28. The van der Waals surface area contributed by atoms with Crippen molar-refractivity contribution >= 4 is 11.4 Å². The average molecular weight is 281 g/mol. The molecule has 0 radical (unpaired) electrons. The molecule has 0 spiro atoms. The zero-order valence-electron chi connectivity index (χ0n) is 11.7. The number of hydrogen-bond donors (Lipinski definition) is 1. The second kappa shape index (κ2) is 6.53. The number of nitriles is 1. The molecule has 0 amide bonds. The Balaban J connectivity index is 2.20. The standard InChI is InChI=1S/C16H15N3O2/c1-2-12-6-8-13(9-7-12)11-18-15-5-3-4-14(10-17)16(15)19(20)21/h3-9,18H,2,11H2,1H3. The summed E-state index contributed by atoms with van der Waals surface area (Å²) in [6.45, 7) is 2.56. The number of nitro groups is 1. The van der Waals surface area contributed by atoms with E-state index in [-0.39, 0.29) is 11.3 Å². The van der Waals surface area contributed by atoms with E-state index in [0.717, 1.165) is 12.0 Å². The second-order valence-corrected chi connectivity index (χ2v) is 4.59. The molecule has 0 aliphatic rings. The summed E-state index contributed by atoms with van der Waals surface area (Å²) in [7, 11) is 0. The van der Waals surface area contributed by atoms with Crippen molar-refractivity contribution in [3.63, 3.8) is 0 Å². The molecule has 0 atom stereocenters. The van der Waals surface area contributed by atoms with E-state index in [2.05, 4.69) is 12.2 Å². The Morgan fingerprint density at radius 2 is 1.86 bits per heavy atom. The SMILES string of the molecule is CCc1ccc(CNc2cccc(C#N)c2[N+](=O)[O-])cc1. The maximum Gasteiger partial charge on any atom is 0.309 e. The summed E-state index contributed by atoms with van der Waals surface area (Å²) in [6, 6.07) is 14.6. The van der Waals surface area contributed by atoms with Gasteiger partial charge in [-0.15, -0.1) is 0 Å². The Labute approximate surface area is 123 Å². The predicted octanol–water partition coefficient (Wildman–Crippen LogP) is 3.64. The van der Waals surface area contributed by atoms with Crippen molar-refractivity contribution in [1.82, 2.24) is 0 Å². The molecule has 2 rings (SSSR count). The lowest BCUT2D eigenvalue weighted by molar-refractivity contribution is -0.384. The van der Waals surface area contributed by atoms with Crippen molar-refractivity contribution in [2.24, 2.45) is 0 Å². The molecule has 5 heteroatoms. The van der Waals surface area contributed by atoms with Gasteiger partial charge in [-0.2, -0.15) is 5.26 Å². The van der Waals surface area contributed by atoms with Gasteiger partial charge in [-0.05, 0) is 29.7 Å². The molecule has 21 heavy (non-hydrogen) atoms. The number of nitro benzene ring substituents is 1. The van der Waals surface area contributed by atoms with Gasteiger partial charge in [0, 0.05) is 6.54 Å². The van der Waals surface area contributed by atoms with Crippen molar-refractivity contribution in [1.29, 1.82) is 5.26 Å². The van der Waals surface area contributed by atoms with E-state index >= 15 is 0 Å². The van der Waals surface area contributed by atoms with Crippen LogP contribution in [0.15, 0.2) is 42.5 Å². The first-order valence-corrected chi connectivity index (χ1v) is 6.65. The minimum atomic E-state index is -0.527. The number of nitrogens with one attached hydrogen (secondary N) is 1. The van der Waals surface area contributed by atoms with Gasteiger partial charge in [-0.1, -0.05) is 37.3 Å². The molecule has 0 bridgehead atoms. The zero-order valence-corrected chi connectivity index (χ0v) is 11.7. The molecule has 2 aromatic rings. The maximum atomic E-state index is 11.1. The molecule has 106 valence electrons. The molecule has 0 heterocycles. The molecule has 0 aliphatic heterocycles. The van der Waals surface area contributed by atoms with Crippen molar-refractivity contribution in [3.8, 4) is 6.07 Å². The Morgan fingerprint density at radius 1 is 1.19 bits per heavy atom. The summed E-state index contributed by atoms with van der Waals surface area (Å²) >= 11 is 0. The topological polar surface area (TPSA) is 79.0 Å². The van der Waals surface area contributed by atoms with Crippen molar-refractivity contribution < 1.29 is 4.92 Å². The van der Waals surface area contributed by atoms with Crippen LogP contribution in [0.4, 0.5) is 11.4 Å². The first-order chi connectivity index (χ1) is 10.2. The minimum absolute atomic E-state index is 0.0614. The highest BCUT2D eigenvalue weighted by molar-refractivity contribution is 5.68. The lowest BCUT2D eigenvalue weighted by atomic mass is 10.1. The maximum absolute atomic E-state index is 11.1. The lowest BCUT2D eigenvalue weighted by Gasteiger charge is -2.08. The molecule has 5 nitrogen and oxygen atoms in total. The first kappa shape index (κ1) is 14.5. The Kier molecular flexibility index (Phi) is 4.52. The van der Waals surface area contributed by atoms with Gasteiger partial charge < -0.3 is 5.32 Å². The number of rotatable bonds is 5. The van der Waals surface area contributed by atoms with Gasteiger partial charge in [-0.3, -0.25) is 10.1 Å². The van der Waals surface area contributed by atoms with Gasteiger partial charge >= 0.3 is 5.69 Å². The summed E-state index contributed by atoms with van der Waals surface area (Å²) in [5, 5.41) is 23.1. The predicted molar refractivity (Wildman–Crippen MR) is 81.0 cm³/mol. The third-order valence-electron chi connectivity index (χ3n) is 3.25. The Hall–Kier alpha value is -2.87. The van der Waals surface area contributed by atoms with Crippen molar-refractivity contribution in [2.45, 2.75) is 19.9 Å². The molecule has 2 aromatic carbocycles. The van der Waals surface area contributed by atoms with E-state index in [4.69, 9.17) is 5.26 Å². The van der Waals surface area contributed by atoms with E-state index in [1.54, 1.807) is 12.1 Å². The van der Waals surface area contributed by atoms with Crippen LogP contribution in [0, 0.1) is 21.4 Å². The van der Waals surface area contributed by atoms with Crippen molar-refractivity contribution in [3.05, 3.63) is 69.3 Å². The lowest BCUT2D eigenvalue weighted by Crippen LogP contribution is -2.04. The first-order valence-electron chi connectivity index (χ1n) is 6.65. The Bertz CT molecular complexity index is 688. The number of aryl methyl sites for hydroxylation is 1. The van der Waals surface area contributed by atoms with Crippen molar-refractivity contribution in [2.75, 3.05) is 5.32 Å². The fourth-order valence-corrected chi connectivity index (χ4v) is 2.06. The highest BCUT2D eigenvalue weighted by atomic mass is 16.6. The van der Waals surface area contributed by atoms with E-state index in [1.165, 1.54) is 11.6 Å². The summed E-state index contributed by atoms with van der Waals surface area (Å²) in [5.74, 6) is 0. The van der Waals surface area contributed by atoms with Gasteiger partial charge in [0.05, 0.1) is 4.92 Å². The number of anilines is 1. The third kappa shape index (κ3) is 3.37. The molecule has 0 aromatic heterocycles. The molecule has 0 unspecified atom stereocenters. The average Bonchev–Trinajstić information content (AvgIpc) is 2.52. The van der Waals surface area contributed by atoms with Gasteiger partial charge in [0.15, 0.2) is 0 Å². The van der Waals surface area contributed by atoms with Crippen LogP contribution in [-0.2, 0) is 13.0 Å². The molecule has 0 fully saturated rings. The van der Waals surface area contributed by atoms with Crippen LogP contribution in [0.1, 0.15) is 23.6 Å². The molecule has 0 aliphatic carbocycles. The van der Waals surface area contributed by atoms with Crippen LogP contribution in [-0.4, -0.2) is 4.92 Å². The number of hydrogen-bond acceptors (Lipinski definition) is 4. The monoisotopic (exact) mass is 281 g/mol. The van der Waals surface area contributed by atoms with E-state index in [0.29, 0.717) is 12.2 Å². The number of benzene rings is 2. The fraction of sp³-hybridized carbons (Fsp3) is 0.188. The summed E-state index contributed by atoms with van der Waals surface area (Å²) in [4.78, 5) is 10.6. The van der Waals surface area contributed by atoms with Crippen LogP contribution < -0.4 is 5.32 Å². The van der Waals surface area contributed by atoms with Gasteiger partial charge in [0.2, 0.25) is 0 Å². The van der Waals surface area contributed by atoms with E-state index in [1.807, 2.05) is 30.3 Å². The summed E-state index contributed by atoms with van der Waals surface area (Å²) in [6.07, 6.45) is 0.976. The minimum Gasteiger partial charge on any atom is -0.375 e. The summed E-state index contributed by atoms with van der Waals surface area (Å²) in [5.41, 5.74) is 2.52. The van der Waals surface area contributed by atoms with Crippen LogP contribution in [0.5, 0.6) is 0 Å². The van der Waals surface area contributed by atoms with Crippen LogP contribution in [0.25, 0.3) is 0 Å². The quantitative estimate of drug-likeness (QED) is 0.670. The van der Waals surface area contributed by atoms with Crippen LogP contribution >= 0.6 is 0 Å². The van der Waals surface area contributed by atoms with Gasteiger partial charge in [0.1, 0.15) is 17.3 Å². The van der Waals surface area contributed by atoms with E-state index < -0.39 is 4.92 Å². The summed E-state index contributed by atoms with van der Waals surface area (Å²) < 4.78 is 0. The van der Waals surface area contributed by atoms with E-state index in [9.17, 15) is 10.1 Å². The molecule has 0 saturated carbocycles. The second-order valence-electron chi connectivity index (χ2n) is 4.59. The Morgan fingerprint density at radius 3 is 2.43 bits per heavy atom. The van der Waals surface area contributed by atoms with Gasteiger partial charge in [-0.25, -0.2) is 0 Å². The van der Waals surface area contributed by atoms with Crippen LogP contribution in [0.2, 0.25) is 0 Å². The molecule has 0 saturated heterocycles.